The monoisotopic (exact) mass is 269 g/mol. The minimum absolute atomic E-state index is 0.0717. The highest BCUT2D eigenvalue weighted by Crippen LogP contribution is 2.25. The maximum absolute atomic E-state index is 11.7. The third-order valence-corrected chi connectivity index (χ3v) is 3.65. The maximum Gasteiger partial charge on any atom is 0.250 e. The fourth-order valence-corrected chi connectivity index (χ4v) is 2.17. The van der Waals surface area contributed by atoms with E-state index in [0.29, 0.717) is 26.2 Å². The molecule has 1 aliphatic heterocycles. The summed E-state index contributed by atoms with van der Waals surface area (Å²) in [5, 5.41) is 8.85. The molecule has 1 saturated carbocycles. The molecule has 1 aliphatic carbocycles. The number of morpholine rings is 1. The second-order valence-electron chi connectivity index (χ2n) is 5.13. The zero-order valence-electron chi connectivity index (χ0n) is 11.2. The largest absolute Gasteiger partial charge is 0.366 e. The molecule has 0 aromatic carbocycles. The molecule has 0 radical (unpaired) electrons. The van der Waals surface area contributed by atoms with Crippen molar-refractivity contribution < 1.29 is 14.3 Å². The van der Waals surface area contributed by atoms with E-state index in [1.165, 1.54) is 6.42 Å². The molecule has 1 atom stereocenters. The van der Waals surface area contributed by atoms with Crippen molar-refractivity contribution in [2.45, 2.75) is 31.8 Å². The summed E-state index contributed by atoms with van der Waals surface area (Å²) in [6.07, 6.45) is 3.59. The molecule has 0 aromatic rings. The van der Waals surface area contributed by atoms with Crippen LogP contribution in [-0.2, 0) is 14.3 Å². The van der Waals surface area contributed by atoms with Crippen LogP contribution < -0.4 is 16.0 Å². The zero-order valence-corrected chi connectivity index (χ0v) is 11.2. The van der Waals surface area contributed by atoms with Gasteiger partial charge in [0.15, 0.2) is 0 Å². The number of carbonyl (C=O) groups is 2. The van der Waals surface area contributed by atoms with E-state index in [4.69, 9.17) is 4.74 Å². The highest BCUT2D eigenvalue weighted by Gasteiger charge is 2.24. The third-order valence-electron chi connectivity index (χ3n) is 3.65. The van der Waals surface area contributed by atoms with E-state index >= 15 is 0 Å². The van der Waals surface area contributed by atoms with Gasteiger partial charge in [-0.2, -0.15) is 0 Å². The summed E-state index contributed by atoms with van der Waals surface area (Å²) < 4.78 is 5.34. The number of nitrogens with one attached hydrogen (secondary N) is 3. The van der Waals surface area contributed by atoms with Crippen molar-refractivity contribution in [1.29, 1.82) is 0 Å². The number of ether oxygens (including phenoxy) is 1. The summed E-state index contributed by atoms with van der Waals surface area (Å²) >= 11 is 0. The highest BCUT2D eigenvalue weighted by atomic mass is 16.5. The number of amides is 2. The van der Waals surface area contributed by atoms with Crippen LogP contribution in [0.5, 0.6) is 0 Å². The predicted molar refractivity (Wildman–Crippen MR) is 70.6 cm³/mol. The van der Waals surface area contributed by atoms with Gasteiger partial charge in [0.1, 0.15) is 6.10 Å². The lowest BCUT2D eigenvalue weighted by atomic mass is 9.85. The van der Waals surface area contributed by atoms with Crippen molar-refractivity contribution in [2.75, 3.05) is 32.8 Å². The van der Waals surface area contributed by atoms with Gasteiger partial charge in [0.05, 0.1) is 6.61 Å². The Morgan fingerprint density at radius 1 is 1.16 bits per heavy atom. The van der Waals surface area contributed by atoms with Crippen molar-refractivity contribution in [2.24, 2.45) is 5.92 Å². The zero-order chi connectivity index (χ0) is 13.5. The number of hydrogen-bond donors (Lipinski definition) is 3. The normalized spacial score (nSPS) is 23.5. The molecule has 2 aliphatic rings. The molecule has 2 amide bonds. The summed E-state index contributed by atoms with van der Waals surface area (Å²) in [6.45, 7) is 3.15. The summed E-state index contributed by atoms with van der Waals surface area (Å²) in [5.74, 6) is 0.325. The van der Waals surface area contributed by atoms with Crippen LogP contribution in [0.4, 0.5) is 0 Å². The molecule has 19 heavy (non-hydrogen) atoms. The number of hydrogen-bond acceptors (Lipinski definition) is 4. The first kappa shape index (κ1) is 14.3. The van der Waals surface area contributed by atoms with Crippen molar-refractivity contribution in [3.63, 3.8) is 0 Å². The quantitative estimate of drug-likeness (QED) is 0.562. The molecule has 0 spiro atoms. The van der Waals surface area contributed by atoms with Gasteiger partial charge in [-0.15, -0.1) is 0 Å². The Kier molecular flexibility index (Phi) is 5.60. The van der Waals surface area contributed by atoms with Gasteiger partial charge in [-0.1, -0.05) is 6.42 Å². The Hall–Kier alpha value is -1.14. The Morgan fingerprint density at radius 2 is 1.89 bits per heavy atom. The van der Waals surface area contributed by atoms with Gasteiger partial charge in [-0.05, 0) is 19.3 Å². The smallest absolute Gasteiger partial charge is 0.250 e. The number of carbonyl (C=O) groups excluding carboxylic acids is 2. The lowest BCUT2D eigenvalue weighted by Gasteiger charge is -2.24. The molecular weight excluding hydrogens is 246 g/mol. The Labute approximate surface area is 113 Å². The van der Waals surface area contributed by atoms with Crippen LogP contribution in [0.1, 0.15) is 25.7 Å². The molecule has 3 N–H and O–H groups in total. The highest BCUT2D eigenvalue weighted by molar-refractivity contribution is 5.81. The molecule has 6 heteroatoms. The van der Waals surface area contributed by atoms with Gasteiger partial charge in [-0.25, -0.2) is 0 Å². The summed E-state index contributed by atoms with van der Waals surface area (Å²) in [4.78, 5) is 23.2. The summed E-state index contributed by atoms with van der Waals surface area (Å²) in [5.41, 5.74) is 0. The molecular formula is C13H23N3O3. The minimum Gasteiger partial charge on any atom is -0.366 e. The average Bonchev–Trinajstić information content (AvgIpc) is 2.37. The van der Waals surface area contributed by atoms with Gasteiger partial charge in [0, 0.05) is 32.1 Å². The van der Waals surface area contributed by atoms with E-state index in [2.05, 4.69) is 16.0 Å². The molecule has 1 heterocycles. The molecule has 1 saturated heterocycles. The molecule has 2 fully saturated rings. The topological polar surface area (TPSA) is 79.5 Å². The molecule has 1 unspecified atom stereocenters. The van der Waals surface area contributed by atoms with E-state index in [1.807, 2.05) is 0 Å². The maximum atomic E-state index is 11.7. The van der Waals surface area contributed by atoms with E-state index in [9.17, 15) is 9.59 Å². The standard InChI is InChI=1S/C13H23N3O3/c17-12(10-3-1-4-10)15-5-2-6-16-13(18)11-9-14-7-8-19-11/h10-11,14H,1-9H2,(H,15,17)(H,16,18). The average molecular weight is 269 g/mol. The van der Waals surface area contributed by atoms with Crippen LogP contribution in [0.25, 0.3) is 0 Å². The third kappa shape index (κ3) is 4.47. The first-order chi connectivity index (χ1) is 9.27. The van der Waals surface area contributed by atoms with Crippen LogP contribution in [0, 0.1) is 5.92 Å². The van der Waals surface area contributed by atoms with Gasteiger partial charge in [0.25, 0.3) is 0 Å². The molecule has 2 rings (SSSR count). The molecule has 108 valence electrons. The van der Waals surface area contributed by atoms with Crippen LogP contribution in [0.2, 0.25) is 0 Å². The van der Waals surface area contributed by atoms with Gasteiger partial charge in [-0.3, -0.25) is 9.59 Å². The van der Waals surface area contributed by atoms with E-state index < -0.39 is 0 Å². The van der Waals surface area contributed by atoms with Gasteiger partial charge >= 0.3 is 0 Å². The predicted octanol–water partition coefficient (Wildman–Crippen LogP) is -0.603. The van der Waals surface area contributed by atoms with Crippen LogP contribution in [-0.4, -0.2) is 50.7 Å². The van der Waals surface area contributed by atoms with Crippen molar-refractivity contribution >= 4 is 11.8 Å². The second-order valence-corrected chi connectivity index (χ2v) is 5.13. The summed E-state index contributed by atoms with van der Waals surface area (Å²) in [7, 11) is 0. The van der Waals surface area contributed by atoms with Crippen molar-refractivity contribution in [3.05, 3.63) is 0 Å². The lowest BCUT2D eigenvalue weighted by molar-refractivity contribution is -0.134. The minimum atomic E-state index is -0.377. The molecule has 6 nitrogen and oxygen atoms in total. The van der Waals surface area contributed by atoms with Crippen LogP contribution in [0.3, 0.4) is 0 Å². The van der Waals surface area contributed by atoms with Gasteiger partial charge in [0.2, 0.25) is 11.8 Å². The first-order valence-corrected chi connectivity index (χ1v) is 7.15. The van der Waals surface area contributed by atoms with E-state index in [1.54, 1.807) is 0 Å². The Balaban J connectivity index is 1.49. The van der Waals surface area contributed by atoms with Crippen molar-refractivity contribution in [3.8, 4) is 0 Å². The second kappa shape index (κ2) is 7.45. The fourth-order valence-electron chi connectivity index (χ4n) is 2.17. The van der Waals surface area contributed by atoms with E-state index in [0.717, 1.165) is 25.8 Å². The Morgan fingerprint density at radius 3 is 2.47 bits per heavy atom. The Bertz CT molecular complexity index is 312. The fraction of sp³-hybridized carbons (Fsp3) is 0.846. The summed E-state index contributed by atoms with van der Waals surface area (Å²) in [6, 6.07) is 0. The molecule has 0 aromatic heterocycles. The first-order valence-electron chi connectivity index (χ1n) is 7.15. The van der Waals surface area contributed by atoms with Crippen LogP contribution in [0.15, 0.2) is 0 Å². The number of rotatable bonds is 6. The van der Waals surface area contributed by atoms with Crippen LogP contribution >= 0.6 is 0 Å². The van der Waals surface area contributed by atoms with Crippen molar-refractivity contribution in [1.82, 2.24) is 16.0 Å². The molecule has 0 bridgehead atoms. The SMILES string of the molecule is O=C(NCCCNC(=O)C1CNCCO1)C1CCC1. The lowest BCUT2D eigenvalue weighted by Crippen LogP contribution is -2.48. The van der Waals surface area contributed by atoms with E-state index in [-0.39, 0.29) is 23.8 Å². The van der Waals surface area contributed by atoms with Gasteiger partial charge < -0.3 is 20.7 Å².